The maximum absolute atomic E-state index is 13.4. The molecule has 0 fully saturated rings. The molecule has 188 valence electrons. The van der Waals surface area contributed by atoms with E-state index in [0.29, 0.717) is 17.0 Å². The van der Waals surface area contributed by atoms with E-state index in [9.17, 15) is 22.8 Å². The van der Waals surface area contributed by atoms with Crippen molar-refractivity contribution in [1.29, 1.82) is 0 Å². The fraction of sp³-hybridized carbons (Fsp3) is 0.400. The van der Waals surface area contributed by atoms with Crippen molar-refractivity contribution >= 4 is 39.3 Å². The Labute approximate surface area is 211 Å². The molecule has 0 saturated carbocycles. The van der Waals surface area contributed by atoms with Crippen molar-refractivity contribution in [2.24, 2.45) is 0 Å². The molecular formula is C25H30ClN3O5S. The third-order valence-corrected chi connectivity index (χ3v) is 7.83. The third kappa shape index (κ3) is 5.85. The molecule has 10 heteroatoms. The predicted octanol–water partition coefficient (Wildman–Crippen LogP) is 3.60. The molecule has 0 bridgehead atoms. The Bertz CT molecular complexity index is 1240. The van der Waals surface area contributed by atoms with Crippen LogP contribution in [0, 0.1) is 0 Å². The number of sulfonamides is 1. The first-order valence-electron chi connectivity index (χ1n) is 11.4. The zero-order valence-electron chi connectivity index (χ0n) is 20.2. The second-order valence-electron chi connectivity index (χ2n) is 9.40. The molecule has 2 aromatic rings. The number of benzene rings is 2. The van der Waals surface area contributed by atoms with Gasteiger partial charge in [0.1, 0.15) is 10.9 Å². The Hall–Kier alpha value is -2.91. The van der Waals surface area contributed by atoms with Crippen LogP contribution in [0.25, 0.3) is 0 Å². The van der Waals surface area contributed by atoms with Crippen molar-refractivity contribution in [3.05, 3.63) is 64.7 Å². The van der Waals surface area contributed by atoms with E-state index in [1.165, 1.54) is 17.0 Å². The number of carbonyl (C=O) groups is 3. The van der Waals surface area contributed by atoms with Crippen LogP contribution in [0.4, 0.5) is 0 Å². The largest absolute Gasteiger partial charge is 0.350 e. The van der Waals surface area contributed by atoms with Gasteiger partial charge in [0.25, 0.3) is 15.9 Å². The highest BCUT2D eigenvalue weighted by molar-refractivity contribution is 7.90. The molecule has 35 heavy (non-hydrogen) atoms. The molecule has 3 rings (SSSR count). The molecule has 1 heterocycles. The second-order valence-corrected chi connectivity index (χ2v) is 11.6. The third-order valence-electron chi connectivity index (χ3n) is 5.62. The predicted molar refractivity (Wildman–Crippen MR) is 133 cm³/mol. The minimum Gasteiger partial charge on any atom is -0.350 e. The van der Waals surface area contributed by atoms with Crippen molar-refractivity contribution in [2.75, 3.05) is 6.54 Å². The van der Waals surface area contributed by atoms with E-state index in [1.54, 1.807) is 43.3 Å². The van der Waals surface area contributed by atoms with Gasteiger partial charge in [-0.15, -0.1) is 0 Å². The van der Waals surface area contributed by atoms with Crippen molar-refractivity contribution in [3.63, 3.8) is 0 Å². The molecule has 2 aromatic carbocycles. The van der Waals surface area contributed by atoms with Gasteiger partial charge in [0.15, 0.2) is 0 Å². The molecule has 0 aliphatic carbocycles. The lowest BCUT2D eigenvalue weighted by Crippen LogP contribution is -2.53. The molecule has 0 saturated heterocycles. The molecular weight excluding hydrogens is 490 g/mol. The van der Waals surface area contributed by atoms with E-state index in [-0.39, 0.29) is 35.9 Å². The first-order chi connectivity index (χ1) is 16.4. The summed E-state index contributed by atoms with van der Waals surface area (Å²) in [5.41, 5.74) is 0.233. The standard InChI is InChI=1S/C25H30ClN3O5S/c1-5-20(23(31)27-25(2,3)4)28(16-17-10-6-8-12-19(17)26)22(30)14-15-29-24(32)18-11-7-9-13-21(18)35(29,33)34/h6-13,20H,5,14-16H2,1-4H3,(H,27,31). The lowest BCUT2D eigenvalue weighted by Gasteiger charge is -2.33. The number of carbonyl (C=O) groups excluding carboxylic acids is 3. The summed E-state index contributed by atoms with van der Waals surface area (Å²) in [5.74, 6) is -1.44. The second kappa shape index (κ2) is 10.4. The van der Waals surface area contributed by atoms with Gasteiger partial charge < -0.3 is 10.2 Å². The van der Waals surface area contributed by atoms with E-state index in [0.717, 1.165) is 4.31 Å². The molecule has 1 unspecified atom stereocenters. The fourth-order valence-corrected chi connectivity index (χ4v) is 5.74. The van der Waals surface area contributed by atoms with Crippen LogP contribution in [0.15, 0.2) is 53.4 Å². The lowest BCUT2D eigenvalue weighted by atomic mass is 10.1. The van der Waals surface area contributed by atoms with Crippen LogP contribution in [-0.2, 0) is 26.2 Å². The molecule has 3 amide bonds. The molecule has 1 atom stereocenters. The Morgan fingerprint density at radius 1 is 1.09 bits per heavy atom. The van der Waals surface area contributed by atoms with E-state index < -0.39 is 33.4 Å². The maximum Gasteiger partial charge on any atom is 0.269 e. The van der Waals surface area contributed by atoms with Crippen molar-refractivity contribution in [2.45, 2.75) is 63.6 Å². The minimum absolute atomic E-state index is 0.0650. The van der Waals surface area contributed by atoms with E-state index in [1.807, 2.05) is 20.8 Å². The van der Waals surface area contributed by atoms with Crippen LogP contribution >= 0.6 is 11.6 Å². The van der Waals surface area contributed by atoms with Gasteiger partial charge in [0, 0.05) is 30.1 Å². The molecule has 0 spiro atoms. The Morgan fingerprint density at radius 3 is 2.31 bits per heavy atom. The van der Waals surface area contributed by atoms with Crippen molar-refractivity contribution in [1.82, 2.24) is 14.5 Å². The minimum atomic E-state index is -4.04. The van der Waals surface area contributed by atoms with Gasteiger partial charge >= 0.3 is 0 Å². The zero-order valence-corrected chi connectivity index (χ0v) is 21.8. The summed E-state index contributed by atoms with van der Waals surface area (Å²) in [6.45, 7) is 7.07. The first kappa shape index (κ1) is 26.7. The van der Waals surface area contributed by atoms with Crippen LogP contribution in [0.5, 0.6) is 0 Å². The number of fused-ring (bicyclic) bond motifs is 1. The summed E-state index contributed by atoms with van der Waals surface area (Å²) in [7, 11) is -4.04. The van der Waals surface area contributed by atoms with Gasteiger partial charge in [-0.2, -0.15) is 0 Å². The van der Waals surface area contributed by atoms with Crippen LogP contribution in [-0.4, -0.2) is 53.5 Å². The highest BCUT2D eigenvalue weighted by Crippen LogP contribution is 2.30. The highest BCUT2D eigenvalue weighted by Gasteiger charge is 2.41. The normalized spacial score (nSPS) is 15.5. The number of nitrogens with zero attached hydrogens (tertiary/aromatic N) is 2. The summed E-state index contributed by atoms with van der Waals surface area (Å²) >= 11 is 6.32. The number of amides is 3. The topological polar surface area (TPSA) is 104 Å². The van der Waals surface area contributed by atoms with Crippen molar-refractivity contribution in [3.8, 4) is 0 Å². The number of rotatable bonds is 8. The summed E-state index contributed by atoms with van der Waals surface area (Å²) in [5, 5.41) is 3.36. The van der Waals surface area contributed by atoms with Gasteiger partial charge in [-0.1, -0.05) is 48.9 Å². The molecule has 0 aromatic heterocycles. The average molecular weight is 520 g/mol. The average Bonchev–Trinajstić information content (AvgIpc) is 2.97. The molecule has 8 nitrogen and oxygen atoms in total. The Kier molecular flexibility index (Phi) is 7.91. The highest BCUT2D eigenvalue weighted by atomic mass is 35.5. The summed E-state index contributed by atoms with van der Waals surface area (Å²) in [4.78, 5) is 40.6. The number of halogens is 1. The van der Waals surface area contributed by atoms with Gasteiger partial charge in [-0.05, 0) is 51.0 Å². The fourth-order valence-electron chi connectivity index (χ4n) is 3.98. The summed E-state index contributed by atoms with van der Waals surface area (Å²) < 4.78 is 26.5. The molecule has 0 radical (unpaired) electrons. The maximum atomic E-state index is 13.4. The quantitative estimate of drug-likeness (QED) is 0.574. The number of nitrogens with one attached hydrogen (secondary N) is 1. The number of hydrogen-bond donors (Lipinski definition) is 1. The van der Waals surface area contributed by atoms with Crippen LogP contribution in [0.3, 0.4) is 0 Å². The number of hydrogen-bond acceptors (Lipinski definition) is 5. The summed E-state index contributed by atoms with van der Waals surface area (Å²) in [6.07, 6.45) is 0.0627. The van der Waals surface area contributed by atoms with Crippen LogP contribution in [0.2, 0.25) is 5.02 Å². The molecule has 1 aliphatic rings. The molecule has 1 aliphatic heterocycles. The van der Waals surface area contributed by atoms with E-state index in [2.05, 4.69) is 5.32 Å². The summed E-state index contributed by atoms with van der Waals surface area (Å²) in [6, 6.07) is 12.2. The van der Waals surface area contributed by atoms with Crippen LogP contribution < -0.4 is 5.32 Å². The van der Waals surface area contributed by atoms with E-state index in [4.69, 9.17) is 11.6 Å². The Morgan fingerprint density at radius 2 is 1.71 bits per heavy atom. The SMILES string of the molecule is CCC(C(=O)NC(C)(C)C)N(Cc1ccccc1Cl)C(=O)CCN1C(=O)c2ccccc2S1(=O)=O. The van der Waals surface area contributed by atoms with Crippen molar-refractivity contribution < 1.29 is 22.8 Å². The lowest BCUT2D eigenvalue weighted by molar-refractivity contribution is -0.142. The Balaban J connectivity index is 1.86. The zero-order chi connectivity index (χ0) is 26.0. The van der Waals surface area contributed by atoms with Gasteiger partial charge in [0.05, 0.1) is 5.56 Å². The smallest absolute Gasteiger partial charge is 0.269 e. The first-order valence-corrected chi connectivity index (χ1v) is 13.2. The van der Waals surface area contributed by atoms with Gasteiger partial charge in [-0.3, -0.25) is 14.4 Å². The van der Waals surface area contributed by atoms with Gasteiger partial charge in [-0.25, -0.2) is 12.7 Å². The van der Waals surface area contributed by atoms with Gasteiger partial charge in [0.2, 0.25) is 11.8 Å². The molecule has 1 N–H and O–H groups in total. The monoisotopic (exact) mass is 519 g/mol. The van der Waals surface area contributed by atoms with E-state index >= 15 is 0 Å². The van der Waals surface area contributed by atoms with Crippen LogP contribution in [0.1, 0.15) is 56.5 Å².